The molecule has 11 N–H and O–H groups in total. The molecule has 2 amide bonds. The minimum Gasteiger partial charge on any atom is -0.480 e. The van der Waals surface area contributed by atoms with Gasteiger partial charge in [-0.2, -0.15) is 0 Å². The van der Waals surface area contributed by atoms with Crippen molar-refractivity contribution < 1.29 is 24.6 Å². The smallest absolute Gasteiger partial charge is 0.328 e. The Morgan fingerprint density at radius 1 is 1.12 bits per heavy atom. The molecule has 12 nitrogen and oxygen atoms in total. The molecule has 2 rings (SSSR count). The number of hydrogen-bond acceptors (Lipinski definition) is 6. The molecule has 0 aliphatic rings. The summed E-state index contributed by atoms with van der Waals surface area (Å²) in [5.41, 5.74) is 13.1. The normalized spacial score (nSPS) is 13.7. The zero-order valence-corrected chi connectivity index (χ0v) is 17.4. The van der Waals surface area contributed by atoms with E-state index in [0.29, 0.717) is 6.42 Å². The van der Waals surface area contributed by atoms with Gasteiger partial charge >= 0.3 is 5.97 Å². The lowest BCUT2D eigenvalue weighted by molar-refractivity contribution is -0.143. The van der Waals surface area contributed by atoms with Gasteiger partial charge in [0.2, 0.25) is 11.8 Å². The Hall–Kier alpha value is -3.64. The first-order chi connectivity index (χ1) is 15.2. The SMILES string of the molecule is N=C(N)NCCC[C@H](NC(=O)[C@@H](N)Cc1c[nH]c2ccccc12)C(=O)N[C@@H](CO)C(=O)O. The number of amides is 2. The number of aliphatic hydroxyl groups is 1. The molecule has 12 heteroatoms. The molecule has 0 radical (unpaired) electrons. The molecule has 0 spiro atoms. The number of carboxylic acid groups (broad SMARTS) is 1. The van der Waals surface area contributed by atoms with Crippen molar-refractivity contribution in [1.29, 1.82) is 5.41 Å². The van der Waals surface area contributed by atoms with Crippen LogP contribution in [0.3, 0.4) is 0 Å². The lowest BCUT2D eigenvalue weighted by atomic mass is 10.0. The van der Waals surface area contributed by atoms with E-state index in [2.05, 4.69) is 20.9 Å². The first kappa shape index (κ1) is 24.6. The second-order valence-electron chi connectivity index (χ2n) is 7.30. The van der Waals surface area contributed by atoms with Crippen LogP contribution in [0.15, 0.2) is 30.5 Å². The molecule has 0 saturated carbocycles. The molecule has 0 aliphatic carbocycles. The Morgan fingerprint density at radius 3 is 2.47 bits per heavy atom. The van der Waals surface area contributed by atoms with Crippen LogP contribution >= 0.6 is 0 Å². The Kier molecular flexibility index (Phi) is 8.98. The lowest BCUT2D eigenvalue weighted by Crippen LogP contribution is -2.55. The molecule has 1 aromatic carbocycles. The summed E-state index contributed by atoms with van der Waals surface area (Å²) >= 11 is 0. The number of carbonyl (C=O) groups is 3. The highest BCUT2D eigenvalue weighted by Crippen LogP contribution is 2.18. The standard InChI is InChI=1S/C20H29N7O5/c21-13(8-11-9-25-14-5-2-1-4-12(11)14)17(29)26-15(6-3-7-24-20(22)23)18(30)27-16(10-28)19(31)32/h1-2,4-5,9,13,15-16,25,28H,3,6-8,10,21H2,(H,26,29)(H,27,30)(H,31,32)(H4,22,23,24)/t13-,15-,16-/m0/s1. The number of nitrogens with one attached hydrogen (secondary N) is 5. The van der Waals surface area contributed by atoms with Gasteiger partial charge in [-0.05, 0) is 30.9 Å². The summed E-state index contributed by atoms with van der Waals surface area (Å²) in [6.45, 7) is -0.521. The molecule has 1 heterocycles. The fourth-order valence-corrected chi connectivity index (χ4v) is 3.16. The quantitative estimate of drug-likeness (QED) is 0.104. The van der Waals surface area contributed by atoms with Gasteiger partial charge in [0.15, 0.2) is 5.96 Å². The Morgan fingerprint density at radius 2 is 1.81 bits per heavy atom. The number of guanidine groups is 1. The van der Waals surface area contributed by atoms with Crippen LogP contribution in [0, 0.1) is 5.41 Å². The number of carbonyl (C=O) groups excluding carboxylic acids is 2. The summed E-state index contributed by atoms with van der Waals surface area (Å²) in [5.74, 6) is -2.98. The van der Waals surface area contributed by atoms with E-state index < -0.39 is 42.5 Å². The maximum absolute atomic E-state index is 12.7. The summed E-state index contributed by atoms with van der Waals surface area (Å²) in [6, 6.07) is 4.03. The fourth-order valence-electron chi connectivity index (χ4n) is 3.16. The maximum Gasteiger partial charge on any atom is 0.328 e. The Labute approximate surface area is 184 Å². The van der Waals surface area contributed by atoms with Crippen LogP contribution in [-0.2, 0) is 20.8 Å². The molecule has 1 aromatic heterocycles. The van der Waals surface area contributed by atoms with Crippen LogP contribution in [0.2, 0.25) is 0 Å². The van der Waals surface area contributed by atoms with E-state index in [1.54, 1.807) is 6.20 Å². The molecular formula is C20H29N7O5. The van der Waals surface area contributed by atoms with Gasteiger partial charge < -0.3 is 42.6 Å². The molecular weight excluding hydrogens is 418 g/mol. The van der Waals surface area contributed by atoms with Gasteiger partial charge in [-0.3, -0.25) is 15.0 Å². The number of hydrogen-bond donors (Lipinski definition) is 9. The van der Waals surface area contributed by atoms with Crippen molar-refractivity contribution in [2.75, 3.05) is 13.2 Å². The second-order valence-corrected chi connectivity index (χ2v) is 7.30. The monoisotopic (exact) mass is 447 g/mol. The number of aromatic amines is 1. The summed E-state index contributed by atoms with van der Waals surface area (Å²) in [6.07, 6.45) is 2.49. The third-order valence-electron chi connectivity index (χ3n) is 4.87. The third-order valence-corrected chi connectivity index (χ3v) is 4.87. The number of fused-ring (bicyclic) bond motifs is 1. The number of aliphatic hydroxyl groups excluding tert-OH is 1. The minimum absolute atomic E-state index is 0.134. The van der Waals surface area contributed by atoms with E-state index in [4.69, 9.17) is 27.1 Å². The number of rotatable bonds is 12. The highest BCUT2D eigenvalue weighted by atomic mass is 16.4. The average molecular weight is 447 g/mol. The molecule has 32 heavy (non-hydrogen) atoms. The number of benzene rings is 1. The van der Waals surface area contributed by atoms with Gasteiger partial charge in [-0.15, -0.1) is 0 Å². The largest absolute Gasteiger partial charge is 0.480 e. The van der Waals surface area contributed by atoms with Crippen LogP contribution in [0.1, 0.15) is 18.4 Å². The van der Waals surface area contributed by atoms with Crippen molar-refractivity contribution in [2.24, 2.45) is 11.5 Å². The van der Waals surface area contributed by atoms with Crippen LogP contribution in [-0.4, -0.2) is 70.2 Å². The predicted octanol–water partition coefficient (Wildman–Crippen LogP) is -1.65. The maximum atomic E-state index is 12.7. The number of aliphatic carboxylic acids is 1. The number of para-hydroxylation sites is 1. The van der Waals surface area contributed by atoms with E-state index in [0.717, 1.165) is 16.5 Å². The van der Waals surface area contributed by atoms with Crippen molar-refractivity contribution >= 4 is 34.6 Å². The number of carboxylic acids is 1. The molecule has 0 saturated heterocycles. The first-order valence-electron chi connectivity index (χ1n) is 10.1. The van der Waals surface area contributed by atoms with Crippen molar-refractivity contribution in [1.82, 2.24) is 20.9 Å². The van der Waals surface area contributed by atoms with E-state index in [1.165, 1.54) is 0 Å². The van der Waals surface area contributed by atoms with Crippen molar-refractivity contribution in [3.05, 3.63) is 36.0 Å². The number of aromatic nitrogens is 1. The zero-order chi connectivity index (χ0) is 23.7. The van der Waals surface area contributed by atoms with Gasteiger partial charge in [-0.1, -0.05) is 18.2 Å². The Balaban J connectivity index is 2.04. The van der Waals surface area contributed by atoms with Crippen molar-refractivity contribution in [2.45, 2.75) is 37.4 Å². The van der Waals surface area contributed by atoms with E-state index in [9.17, 15) is 14.4 Å². The van der Waals surface area contributed by atoms with Crippen LogP contribution < -0.4 is 27.4 Å². The van der Waals surface area contributed by atoms with Crippen molar-refractivity contribution in [3.8, 4) is 0 Å². The Bertz CT molecular complexity index is 961. The van der Waals surface area contributed by atoms with Crippen LogP contribution in [0.4, 0.5) is 0 Å². The zero-order valence-electron chi connectivity index (χ0n) is 17.4. The highest BCUT2D eigenvalue weighted by Gasteiger charge is 2.27. The highest BCUT2D eigenvalue weighted by molar-refractivity contribution is 5.92. The second kappa shape index (κ2) is 11.7. The summed E-state index contributed by atoms with van der Waals surface area (Å²) < 4.78 is 0. The topological polar surface area (TPSA) is 219 Å². The van der Waals surface area contributed by atoms with Gasteiger partial charge in [0.25, 0.3) is 0 Å². The molecule has 0 bridgehead atoms. The summed E-state index contributed by atoms with van der Waals surface area (Å²) in [4.78, 5) is 39.5. The molecule has 0 fully saturated rings. The van der Waals surface area contributed by atoms with Crippen LogP contribution in [0.5, 0.6) is 0 Å². The number of nitrogens with two attached hydrogens (primary N) is 2. The van der Waals surface area contributed by atoms with Gasteiger partial charge in [0, 0.05) is 23.6 Å². The minimum atomic E-state index is -1.50. The summed E-state index contributed by atoms with van der Waals surface area (Å²) in [7, 11) is 0. The van der Waals surface area contributed by atoms with E-state index in [-0.39, 0.29) is 25.3 Å². The molecule has 2 aromatic rings. The average Bonchev–Trinajstić information content (AvgIpc) is 3.16. The summed E-state index contributed by atoms with van der Waals surface area (Å²) in [5, 5.41) is 33.6. The van der Waals surface area contributed by atoms with Gasteiger partial charge in [-0.25, -0.2) is 4.79 Å². The molecule has 0 aliphatic heterocycles. The first-order valence-corrected chi connectivity index (χ1v) is 10.1. The van der Waals surface area contributed by atoms with Gasteiger partial charge in [0.1, 0.15) is 12.1 Å². The number of H-pyrrole nitrogens is 1. The molecule has 0 unspecified atom stereocenters. The molecule has 174 valence electrons. The fraction of sp³-hybridized carbons (Fsp3) is 0.400. The van der Waals surface area contributed by atoms with Gasteiger partial charge in [0.05, 0.1) is 12.6 Å². The van der Waals surface area contributed by atoms with Crippen LogP contribution in [0.25, 0.3) is 10.9 Å². The molecule has 3 atom stereocenters. The van der Waals surface area contributed by atoms with Crippen molar-refractivity contribution in [3.63, 3.8) is 0 Å². The van der Waals surface area contributed by atoms with E-state index >= 15 is 0 Å². The lowest BCUT2D eigenvalue weighted by Gasteiger charge is -2.22. The third kappa shape index (κ3) is 6.96. The van der Waals surface area contributed by atoms with E-state index in [1.807, 2.05) is 24.3 Å². The predicted molar refractivity (Wildman–Crippen MR) is 118 cm³/mol.